The van der Waals surface area contributed by atoms with Gasteiger partial charge in [0.2, 0.25) is 0 Å². The van der Waals surface area contributed by atoms with Crippen LogP contribution in [0.3, 0.4) is 0 Å². The second-order valence-electron chi connectivity index (χ2n) is 4.17. The van der Waals surface area contributed by atoms with Crippen LogP contribution in [-0.2, 0) is 0 Å². The van der Waals surface area contributed by atoms with Crippen LogP contribution in [0.4, 0.5) is 10.1 Å². The number of anilines is 1. The topological polar surface area (TPSA) is 24.9 Å². The molecule has 2 aromatic rings. The molecule has 1 aromatic carbocycles. The van der Waals surface area contributed by atoms with Crippen LogP contribution in [0.2, 0.25) is 0 Å². The Labute approximate surface area is 114 Å². The Balaban J connectivity index is 2.22. The number of hydrogen-bond acceptors (Lipinski definition) is 2. The smallest absolute Gasteiger partial charge is 0.124 e. The first-order valence-corrected chi connectivity index (χ1v) is 6.50. The van der Waals surface area contributed by atoms with E-state index in [0.717, 1.165) is 21.4 Å². The zero-order valence-corrected chi connectivity index (χ0v) is 11.8. The quantitative estimate of drug-likeness (QED) is 0.905. The highest BCUT2D eigenvalue weighted by atomic mass is 79.9. The van der Waals surface area contributed by atoms with E-state index in [1.54, 1.807) is 12.3 Å². The minimum atomic E-state index is -0.240. The van der Waals surface area contributed by atoms with Crippen LogP contribution < -0.4 is 5.32 Å². The number of benzene rings is 1. The molecule has 94 valence electrons. The van der Waals surface area contributed by atoms with Crippen molar-refractivity contribution in [2.24, 2.45) is 0 Å². The molecule has 4 heteroatoms. The molecule has 18 heavy (non-hydrogen) atoms. The summed E-state index contributed by atoms with van der Waals surface area (Å²) in [4.78, 5) is 4.23. The van der Waals surface area contributed by atoms with Gasteiger partial charge in [-0.05, 0) is 43.7 Å². The number of aromatic nitrogens is 1. The van der Waals surface area contributed by atoms with Crippen LogP contribution >= 0.6 is 15.9 Å². The largest absolute Gasteiger partial charge is 0.377 e. The van der Waals surface area contributed by atoms with Gasteiger partial charge in [0.1, 0.15) is 5.82 Å². The Bertz CT molecular complexity index is 557. The van der Waals surface area contributed by atoms with Crippen molar-refractivity contribution in [2.75, 3.05) is 5.32 Å². The monoisotopic (exact) mass is 308 g/mol. The zero-order valence-electron chi connectivity index (χ0n) is 10.2. The molecule has 0 radical (unpaired) electrons. The molecular weight excluding hydrogens is 295 g/mol. The van der Waals surface area contributed by atoms with E-state index in [-0.39, 0.29) is 11.9 Å². The second-order valence-corrected chi connectivity index (χ2v) is 5.02. The molecule has 1 unspecified atom stereocenters. The molecule has 0 saturated heterocycles. The average molecular weight is 309 g/mol. The van der Waals surface area contributed by atoms with Gasteiger partial charge in [0.25, 0.3) is 0 Å². The standard InChI is InChI=1S/C14H14BrFN2/c1-9(12-6-5-11(16)8-13(12)15)18-14-4-3-7-17-10(14)2/h3-9,18H,1-2H3. The summed E-state index contributed by atoms with van der Waals surface area (Å²) in [7, 11) is 0. The Morgan fingerprint density at radius 2 is 2.11 bits per heavy atom. The molecule has 0 aliphatic carbocycles. The van der Waals surface area contributed by atoms with E-state index in [1.165, 1.54) is 12.1 Å². The van der Waals surface area contributed by atoms with Crippen molar-refractivity contribution in [2.45, 2.75) is 19.9 Å². The molecule has 0 fully saturated rings. The highest BCUT2D eigenvalue weighted by molar-refractivity contribution is 9.10. The van der Waals surface area contributed by atoms with Crippen LogP contribution in [0.15, 0.2) is 41.0 Å². The van der Waals surface area contributed by atoms with Crippen LogP contribution in [-0.4, -0.2) is 4.98 Å². The van der Waals surface area contributed by atoms with E-state index in [2.05, 4.69) is 26.2 Å². The molecule has 1 N–H and O–H groups in total. The van der Waals surface area contributed by atoms with Gasteiger partial charge in [-0.3, -0.25) is 4.98 Å². The molecule has 1 aromatic heterocycles. The molecule has 0 amide bonds. The highest BCUT2D eigenvalue weighted by Crippen LogP contribution is 2.27. The molecule has 1 heterocycles. The van der Waals surface area contributed by atoms with Crippen molar-refractivity contribution in [3.8, 4) is 0 Å². The number of aryl methyl sites for hydroxylation is 1. The van der Waals surface area contributed by atoms with Gasteiger partial charge in [-0.25, -0.2) is 4.39 Å². The van der Waals surface area contributed by atoms with Crippen molar-refractivity contribution < 1.29 is 4.39 Å². The summed E-state index contributed by atoms with van der Waals surface area (Å²) in [6, 6.07) is 8.67. The Hall–Kier alpha value is -1.42. The van der Waals surface area contributed by atoms with E-state index in [1.807, 2.05) is 26.0 Å². The number of rotatable bonds is 3. The van der Waals surface area contributed by atoms with Gasteiger partial charge in [0.15, 0.2) is 0 Å². The van der Waals surface area contributed by atoms with Gasteiger partial charge in [-0.1, -0.05) is 22.0 Å². The third-order valence-electron chi connectivity index (χ3n) is 2.81. The third kappa shape index (κ3) is 2.88. The van der Waals surface area contributed by atoms with E-state index in [9.17, 15) is 4.39 Å². The fourth-order valence-electron chi connectivity index (χ4n) is 1.80. The number of nitrogens with zero attached hydrogens (tertiary/aromatic N) is 1. The lowest BCUT2D eigenvalue weighted by Crippen LogP contribution is -2.09. The van der Waals surface area contributed by atoms with Crippen molar-refractivity contribution in [3.05, 3.63) is 58.1 Å². The predicted molar refractivity (Wildman–Crippen MR) is 75.1 cm³/mol. The number of nitrogens with one attached hydrogen (secondary N) is 1. The normalized spacial score (nSPS) is 12.2. The first-order chi connectivity index (χ1) is 8.58. The molecule has 0 saturated carbocycles. The van der Waals surface area contributed by atoms with Gasteiger partial charge in [0, 0.05) is 16.7 Å². The van der Waals surface area contributed by atoms with Crippen molar-refractivity contribution in [1.82, 2.24) is 4.98 Å². The van der Waals surface area contributed by atoms with Crippen LogP contribution in [0.25, 0.3) is 0 Å². The third-order valence-corrected chi connectivity index (χ3v) is 3.49. The minimum absolute atomic E-state index is 0.0721. The van der Waals surface area contributed by atoms with Crippen LogP contribution in [0, 0.1) is 12.7 Å². The fraction of sp³-hybridized carbons (Fsp3) is 0.214. The van der Waals surface area contributed by atoms with E-state index in [4.69, 9.17) is 0 Å². The first-order valence-electron chi connectivity index (χ1n) is 5.71. The molecule has 0 aliphatic rings. The molecule has 2 rings (SSSR count). The number of hydrogen-bond donors (Lipinski definition) is 1. The van der Waals surface area contributed by atoms with Gasteiger partial charge in [-0.15, -0.1) is 0 Å². The zero-order chi connectivity index (χ0) is 13.1. The molecule has 0 aliphatic heterocycles. The number of halogens is 2. The van der Waals surface area contributed by atoms with Crippen molar-refractivity contribution in [3.63, 3.8) is 0 Å². The molecular formula is C14H14BrFN2. The van der Waals surface area contributed by atoms with Gasteiger partial charge in [-0.2, -0.15) is 0 Å². The maximum atomic E-state index is 13.0. The fourth-order valence-corrected chi connectivity index (χ4v) is 2.49. The molecule has 1 atom stereocenters. The van der Waals surface area contributed by atoms with E-state index in [0.29, 0.717) is 0 Å². The lowest BCUT2D eigenvalue weighted by Gasteiger charge is -2.18. The maximum Gasteiger partial charge on any atom is 0.124 e. The summed E-state index contributed by atoms with van der Waals surface area (Å²) in [6.07, 6.45) is 1.76. The van der Waals surface area contributed by atoms with Crippen molar-refractivity contribution >= 4 is 21.6 Å². The lowest BCUT2D eigenvalue weighted by molar-refractivity contribution is 0.625. The number of pyridine rings is 1. The Morgan fingerprint density at radius 3 is 2.78 bits per heavy atom. The highest BCUT2D eigenvalue weighted by Gasteiger charge is 2.11. The predicted octanol–water partition coefficient (Wildman–Crippen LogP) is 4.46. The summed E-state index contributed by atoms with van der Waals surface area (Å²) in [5.41, 5.74) is 2.95. The van der Waals surface area contributed by atoms with Crippen LogP contribution in [0.1, 0.15) is 24.2 Å². The first kappa shape index (κ1) is 13.0. The molecule has 0 spiro atoms. The Morgan fingerprint density at radius 1 is 1.33 bits per heavy atom. The minimum Gasteiger partial charge on any atom is -0.377 e. The molecule has 2 nitrogen and oxygen atoms in total. The van der Waals surface area contributed by atoms with E-state index >= 15 is 0 Å². The van der Waals surface area contributed by atoms with E-state index < -0.39 is 0 Å². The maximum absolute atomic E-state index is 13.0. The summed E-state index contributed by atoms with van der Waals surface area (Å²) >= 11 is 3.38. The van der Waals surface area contributed by atoms with Gasteiger partial charge in [0.05, 0.1) is 11.4 Å². The average Bonchev–Trinajstić information content (AvgIpc) is 2.32. The summed E-state index contributed by atoms with van der Waals surface area (Å²) in [5.74, 6) is -0.240. The van der Waals surface area contributed by atoms with Gasteiger partial charge >= 0.3 is 0 Å². The lowest BCUT2D eigenvalue weighted by atomic mass is 10.1. The van der Waals surface area contributed by atoms with Gasteiger partial charge < -0.3 is 5.32 Å². The summed E-state index contributed by atoms with van der Waals surface area (Å²) in [6.45, 7) is 3.99. The molecule has 0 bridgehead atoms. The second kappa shape index (κ2) is 5.48. The Kier molecular flexibility index (Phi) is 3.97. The SMILES string of the molecule is Cc1ncccc1NC(C)c1ccc(F)cc1Br. The van der Waals surface area contributed by atoms with Crippen molar-refractivity contribution in [1.29, 1.82) is 0 Å². The summed E-state index contributed by atoms with van der Waals surface area (Å²) < 4.78 is 13.8. The summed E-state index contributed by atoms with van der Waals surface area (Å²) in [5, 5.41) is 3.37. The van der Waals surface area contributed by atoms with Crippen LogP contribution in [0.5, 0.6) is 0 Å².